The normalized spacial score (nSPS) is 17.4. The van der Waals surface area contributed by atoms with Gasteiger partial charge >= 0.3 is 0 Å². The smallest absolute Gasteiger partial charge is 0.207 e. The SMILES string of the molecule is CCc1ccc(CCl)cc1S(=O)(=O)N(C)C(C)C1CC1. The Labute approximate surface area is 127 Å². The molecule has 1 saturated carbocycles. The lowest BCUT2D eigenvalue weighted by Crippen LogP contribution is -2.36. The second-order valence-corrected chi connectivity index (χ2v) is 7.76. The minimum absolute atomic E-state index is 0.0596. The Morgan fingerprint density at radius 3 is 2.55 bits per heavy atom. The van der Waals surface area contributed by atoms with Crippen LogP contribution in [0.2, 0.25) is 0 Å². The van der Waals surface area contributed by atoms with Gasteiger partial charge < -0.3 is 0 Å². The average Bonchev–Trinajstić information content (AvgIpc) is 3.29. The summed E-state index contributed by atoms with van der Waals surface area (Å²) in [7, 11) is -1.76. The second kappa shape index (κ2) is 6.04. The van der Waals surface area contributed by atoms with Crippen molar-refractivity contribution in [3.8, 4) is 0 Å². The third-order valence-electron chi connectivity index (χ3n) is 4.20. The molecule has 1 aliphatic rings. The maximum Gasteiger partial charge on any atom is 0.243 e. The van der Waals surface area contributed by atoms with Gasteiger partial charge in [0.2, 0.25) is 10.0 Å². The molecule has 1 atom stereocenters. The predicted octanol–water partition coefficient (Wildman–Crippen LogP) is 3.41. The van der Waals surface area contributed by atoms with Gasteiger partial charge in [-0.1, -0.05) is 19.1 Å². The lowest BCUT2D eigenvalue weighted by molar-refractivity contribution is 0.356. The van der Waals surface area contributed by atoms with Crippen LogP contribution in [0.4, 0.5) is 0 Å². The van der Waals surface area contributed by atoms with Crippen molar-refractivity contribution >= 4 is 21.6 Å². The lowest BCUT2D eigenvalue weighted by Gasteiger charge is -2.25. The molecule has 1 aromatic rings. The van der Waals surface area contributed by atoms with E-state index in [1.54, 1.807) is 13.1 Å². The number of hydrogen-bond donors (Lipinski definition) is 0. The average molecular weight is 316 g/mol. The molecule has 3 nitrogen and oxygen atoms in total. The Morgan fingerprint density at radius 1 is 1.40 bits per heavy atom. The van der Waals surface area contributed by atoms with Gasteiger partial charge in [0.15, 0.2) is 0 Å². The van der Waals surface area contributed by atoms with E-state index in [4.69, 9.17) is 11.6 Å². The zero-order chi connectivity index (χ0) is 14.9. The molecule has 112 valence electrons. The molecule has 0 bridgehead atoms. The Morgan fingerprint density at radius 2 is 2.05 bits per heavy atom. The van der Waals surface area contributed by atoms with E-state index in [1.165, 1.54) is 4.31 Å². The fourth-order valence-electron chi connectivity index (χ4n) is 2.46. The van der Waals surface area contributed by atoms with E-state index in [0.717, 1.165) is 24.0 Å². The van der Waals surface area contributed by atoms with Gasteiger partial charge in [0, 0.05) is 19.0 Å². The number of aryl methyl sites for hydroxylation is 1. The molecule has 0 aliphatic heterocycles. The summed E-state index contributed by atoms with van der Waals surface area (Å²) in [6.07, 6.45) is 2.95. The number of alkyl halides is 1. The third kappa shape index (κ3) is 3.02. The monoisotopic (exact) mass is 315 g/mol. The van der Waals surface area contributed by atoms with Gasteiger partial charge in [0.25, 0.3) is 0 Å². The standard InChI is InChI=1S/C15H22ClNO2S/c1-4-13-6-5-12(10-16)9-15(13)20(18,19)17(3)11(2)14-7-8-14/h5-6,9,11,14H,4,7-8,10H2,1-3H3. The topological polar surface area (TPSA) is 37.4 Å². The molecule has 0 N–H and O–H groups in total. The van der Waals surface area contributed by atoms with E-state index in [9.17, 15) is 8.42 Å². The van der Waals surface area contributed by atoms with Crippen molar-refractivity contribution in [3.63, 3.8) is 0 Å². The summed E-state index contributed by atoms with van der Waals surface area (Å²) in [5.74, 6) is 0.838. The maximum atomic E-state index is 12.8. The minimum atomic E-state index is -3.44. The number of halogens is 1. The zero-order valence-electron chi connectivity index (χ0n) is 12.3. The molecule has 0 amide bonds. The summed E-state index contributed by atoms with van der Waals surface area (Å²) in [5, 5.41) is 0. The van der Waals surface area contributed by atoms with Crippen molar-refractivity contribution in [3.05, 3.63) is 29.3 Å². The van der Waals surface area contributed by atoms with Gasteiger partial charge in [0.1, 0.15) is 0 Å². The fraction of sp³-hybridized carbons (Fsp3) is 0.600. The van der Waals surface area contributed by atoms with Crippen molar-refractivity contribution in [2.75, 3.05) is 7.05 Å². The predicted molar refractivity (Wildman–Crippen MR) is 82.5 cm³/mol. The van der Waals surface area contributed by atoms with E-state index >= 15 is 0 Å². The van der Waals surface area contributed by atoms with Crippen LogP contribution in [0.15, 0.2) is 23.1 Å². The molecule has 0 aromatic heterocycles. The lowest BCUT2D eigenvalue weighted by atomic mass is 10.1. The summed E-state index contributed by atoms with van der Waals surface area (Å²) >= 11 is 5.84. The van der Waals surface area contributed by atoms with Gasteiger partial charge in [-0.05, 0) is 49.3 Å². The largest absolute Gasteiger partial charge is 0.243 e. The quantitative estimate of drug-likeness (QED) is 0.754. The van der Waals surface area contributed by atoms with Crippen molar-refractivity contribution in [1.29, 1.82) is 0 Å². The molecule has 0 heterocycles. The van der Waals surface area contributed by atoms with E-state index in [0.29, 0.717) is 23.1 Å². The number of rotatable bonds is 6. The summed E-state index contributed by atoms with van der Waals surface area (Å²) in [6.45, 7) is 3.96. The van der Waals surface area contributed by atoms with E-state index in [-0.39, 0.29) is 6.04 Å². The van der Waals surface area contributed by atoms with Crippen molar-refractivity contribution in [2.45, 2.75) is 49.9 Å². The second-order valence-electron chi connectivity index (χ2n) is 5.53. The van der Waals surface area contributed by atoms with Crippen LogP contribution in [0.3, 0.4) is 0 Å². The molecular weight excluding hydrogens is 294 g/mol. The van der Waals surface area contributed by atoms with Crippen molar-refractivity contribution < 1.29 is 8.42 Å². The zero-order valence-corrected chi connectivity index (χ0v) is 13.8. The van der Waals surface area contributed by atoms with Crippen molar-refractivity contribution in [2.24, 2.45) is 5.92 Å². The molecule has 2 rings (SSSR count). The van der Waals surface area contributed by atoms with Crippen LogP contribution >= 0.6 is 11.6 Å². The first-order valence-electron chi connectivity index (χ1n) is 7.07. The van der Waals surface area contributed by atoms with Gasteiger partial charge in [0.05, 0.1) is 4.90 Å². The fourth-order valence-corrected chi connectivity index (χ4v) is 4.39. The molecule has 1 aromatic carbocycles. The van der Waals surface area contributed by atoms with Gasteiger partial charge in [-0.15, -0.1) is 11.6 Å². The van der Waals surface area contributed by atoms with Crippen LogP contribution in [0.1, 0.15) is 37.8 Å². The first kappa shape index (κ1) is 15.8. The molecule has 1 unspecified atom stereocenters. The van der Waals surface area contributed by atoms with E-state index in [2.05, 4.69) is 0 Å². The molecule has 0 radical (unpaired) electrons. The third-order valence-corrected chi connectivity index (χ3v) is 6.54. The van der Waals surface area contributed by atoms with Gasteiger partial charge in [-0.3, -0.25) is 0 Å². The first-order chi connectivity index (χ1) is 9.41. The Hall–Kier alpha value is -0.580. The van der Waals surface area contributed by atoms with Gasteiger partial charge in [-0.25, -0.2) is 8.42 Å². The summed E-state index contributed by atoms with van der Waals surface area (Å²) in [5.41, 5.74) is 1.70. The molecule has 5 heteroatoms. The van der Waals surface area contributed by atoms with Crippen LogP contribution in [-0.2, 0) is 22.3 Å². The highest BCUT2D eigenvalue weighted by atomic mass is 35.5. The molecule has 1 fully saturated rings. The minimum Gasteiger partial charge on any atom is -0.207 e. The highest BCUT2D eigenvalue weighted by molar-refractivity contribution is 7.89. The molecular formula is C15H22ClNO2S. The summed E-state index contributed by atoms with van der Waals surface area (Å²) < 4.78 is 27.2. The number of hydrogen-bond acceptors (Lipinski definition) is 2. The van der Waals surface area contributed by atoms with Crippen LogP contribution in [0.25, 0.3) is 0 Å². The van der Waals surface area contributed by atoms with Crippen molar-refractivity contribution in [1.82, 2.24) is 4.31 Å². The van der Waals surface area contributed by atoms with Gasteiger partial charge in [-0.2, -0.15) is 4.31 Å². The summed E-state index contributed by atoms with van der Waals surface area (Å²) in [4.78, 5) is 0.410. The van der Waals surface area contributed by atoms with Crippen LogP contribution in [0, 0.1) is 5.92 Å². The molecule has 0 saturated heterocycles. The maximum absolute atomic E-state index is 12.8. The Balaban J connectivity index is 2.41. The van der Waals surface area contributed by atoms with Crippen LogP contribution in [0.5, 0.6) is 0 Å². The molecule has 1 aliphatic carbocycles. The Bertz CT molecular complexity index is 582. The molecule has 20 heavy (non-hydrogen) atoms. The Kier molecular flexibility index (Phi) is 4.77. The highest BCUT2D eigenvalue weighted by Gasteiger charge is 2.36. The van der Waals surface area contributed by atoms with E-state index < -0.39 is 10.0 Å². The van der Waals surface area contributed by atoms with E-state index in [1.807, 2.05) is 26.0 Å². The molecule has 0 spiro atoms. The number of sulfonamides is 1. The first-order valence-corrected chi connectivity index (χ1v) is 9.05. The number of nitrogens with zero attached hydrogens (tertiary/aromatic N) is 1. The van der Waals surface area contributed by atoms with Crippen LogP contribution in [-0.4, -0.2) is 25.8 Å². The number of benzene rings is 1. The van der Waals surface area contributed by atoms with Crippen LogP contribution < -0.4 is 0 Å². The summed E-state index contributed by atoms with van der Waals surface area (Å²) in [6, 6.07) is 5.55. The highest BCUT2D eigenvalue weighted by Crippen LogP contribution is 2.36.